The Balaban J connectivity index is 5.09. The highest BCUT2D eigenvalue weighted by Gasteiger charge is 2.30. The molecule has 31 heavy (non-hydrogen) atoms. The van der Waals surface area contributed by atoms with Crippen LogP contribution in [0.3, 0.4) is 0 Å². The number of carbonyl (C=O) groups is 6. The lowest BCUT2D eigenvalue weighted by Crippen LogP contribution is -2.56. The molecule has 0 aromatic carbocycles. The SMILES string of the molecule is CC(NC(=O)C(N)CC(=O)O)C(=O)NC(CC(=O)O)C(=O)NC(CCCCN)C(=O)O. The molecule has 0 saturated carbocycles. The lowest BCUT2D eigenvalue weighted by Gasteiger charge is -2.22. The van der Waals surface area contributed by atoms with E-state index in [0.29, 0.717) is 19.4 Å². The van der Waals surface area contributed by atoms with Crippen molar-refractivity contribution in [2.24, 2.45) is 11.5 Å². The van der Waals surface area contributed by atoms with Crippen LogP contribution in [0.4, 0.5) is 0 Å². The average molecular weight is 447 g/mol. The molecule has 14 nitrogen and oxygen atoms in total. The van der Waals surface area contributed by atoms with Crippen molar-refractivity contribution in [2.45, 2.75) is 63.2 Å². The van der Waals surface area contributed by atoms with Crippen molar-refractivity contribution in [3.05, 3.63) is 0 Å². The van der Waals surface area contributed by atoms with Crippen LogP contribution in [0, 0.1) is 0 Å². The third-order valence-corrected chi connectivity index (χ3v) is 4.06. The van der Waals surface area contributed by atoms with Gasteiger partial charge in [-0.1, -0.05) is 0 Å². The van der Waals surface area contributed by atoms with Gasteiger partial charge in [0.1, 0.15) is 18.1 Å². The Hall–Kier alpha value is -3.26. The van der Waals surface area contributed by atoms with E-state index in [1.165, 1.54) is 6.92 Å². The number of amides is 3. The zero-order valence-electron chi connectivity index (χ0n) is 17.0. The maximum Gasteiger partial charge on any atom is 0.326 e. The van der Waals surface area contributed by atoms with Crippen LogP contribution >= 0.6 is 0 Å². The van der Waals surface area contributed by atoms with Gasteiger partial charge in [0.2, 0.25) is 17.7 Å². The summed E-state index contributed by atoms with van der Waals surface area (Å²) in [6, 6.07) is -5.63. The summed E-state index contributed by atoms with van der Waals surface area (Å²) in [5, 5.41) is 33.3. The van der Waals surface area contributed by atoms with Crippen molar-refractivity contribution in [2.75, 3.05) is 6.54 Å². The number of nitrogens with two attached hydrogens (primary N) is 2. The maximum atomic E-state index is 12.4. The molecule has 0 saturated heterocycles. The predicted molar refractivity (Wildman–Crippen MR) is 104 cm³/mol. The first-order chi connectivity index (χ1) is 14.4. The van der Waals surface area contributed by atoms with Crippen LogP contribution in [0.2, 0.25) is 0 Å². The third-order valence-electron chi connectivity index (χ3n) is 4.06. The molecule has 0 aliphatic rings. The quantitative estimate of drug-likeness (QED) is 0.117. The lowest BCUT2D eigenvalue weighted by molar-refractivity contribution is -0.143. The summed E-state index contributed by atoms with van der Waals surface area (Å²) < 4.78 is 0. The predicted octanol–water partition coefficient (Wildman–Crippen LogP) is -3.05. The summed E-state index contributed by atoms with van der Waals surface area (Å²) in [5.41, 5.74) is 10.7. The fraction of sp³-hybridized carbons (Fsp3) is 0.647. The van der Waals surface area contributed by atoms with Gasteiger partial charge in [0.25, 0.3) is 0 Å². The molecule has 176 valence electrons. The number of hydrogen-bond acceptors (Lipinski definition) is 8. The lowest BCUT2D eigenvalue weighted by atomic mass is 10.1. The minimum Gasteiger partial charge on any atom is -0.481 e. The van der Waals surface area contributed by atoms with Gasteiger partial charge in [-0.05, 0) is 32.7 Å². The number of carbonyl (C=O) groups excluding carboxylic acids is 3. The highest BCUT2D eigenvalue weighted by atomic mass is 16.4. The first kappa shape index (κ1) is 27.7. The molecule has 0 aliphatic heterocycles. The van der Waals surface area contributed by atoms with Crippen molar-refractivity contribution in [3.8, 4) is 0 Å². The Morgan fingerprint density at radius 2 is 1.32 bits per heavy atom. The van der Waals surface area contributed by atoms with Gasteiger partial charge >= 0.3 is 17.9 Å². The van der Waals surface area contributed by atoms with Gasteiger partial charge in [0.15, 0.2) is 0 Å². The van der Waals surface area contributed by atoms with Gasteiger partial charge in [-0.2, -0.15) is 0 Å². The summed E-state index contributed by atoms with van der Waals surface area (Å²) in [5.74, 6) is -7.01. The van der Waals surface area contributed by atoms with Crippen molar-refractivity contribution < 1.29 is 44.1 Å². The molecule has 0 bridgehead atoms. The van der Waals surface area contributed by atoms with E-state index in [-0.39, 0.29) is 6.42 Å². The smallest absolute Gasteiger partial charge is 0.326 e. The Kier molecular flexibility index (Phi) is 12.4. The van der Waals surface area contributed by atoms with Gasteiger partial charge < -0.3 is 42.7 Å². The highest BCUT2D eigenvalue weighted by molar-refractivity contribution is 5.95. The first-order valence-electron chi connectivity index (χ1n) is 9.42. The fourth-order valence-electron chi connectivity index (χ4n) is 2.37. The molecule has 0 aliphatic carbocycles. The fourth-order valence-corrected chi connectivity index (χ4v) is 2.37. The Bertz CT molecular complexity index is 685. The minimum absolute atomic E-state index is 0.0555. The molecule has 4 atom stereocenters. The summed E-state index contributed by atoms with van der Waals surface area (Å²) in [4.78, 5) is 69.4. The Morgan fingerprint density at radius 1 is 0.774 bits per heavy atom. The Morgan fingerprint density at radius 3 is 1.81 bits per heavy atom. The summed E-state index contributed by atoms with van der Waals surface area (Å²) in [6.07, 6.45) is -0.531. The number of nitrogens with one attached hydrogen (secondary N) is 3. The number of hydrogen-bond donors (Lipinski definition) is 8. The summed E-state index contributed by atoms with van der Waals surface area (Å²) >= 11 is 0. The number of rotatable bonds is 15. The molecule has 0 rings (SSSR count). The molecule has 0 heterocycles. The van der Waals surface area contributed by atoms with Crippen LogP contribution in [-0.2, 0) is 28.8 Å². The van der Waals surface area contributed by atoms with E-state index in [1.807, 2.05) is 0 Å². The first-order valence-corrected chi connectivity index (χ1v) is 9.42. The van der Waals surface area contributed by atoms with Gasteiger partial charge in [0.05, 0.1) is 18.9 Å². The average Bonchev–Trinajstić information content (AvgIpc) is 2.65. The van der Waals surface area contributed by atoms with E-state index >= 15 is 0 Å². The van der Waals surface area contributed by atoms with Crippen LogP contribution in [0.15, 0.2) is 0 Å². The van der Waals surface area contributed by atoms with E-state index in [0.717, 1.165) is 0 Å². The number of unbranched alkanes of at least 4 members (excludes halogenated alkanes) is 1. The molecule has 3 amide bonds. The van der Waals surface area contributed by atoms with Crippen LogP contribution in [0.1, 0.15) is 39.0 Å². The maximum absolute atomic E-state index is 12.4. The molecule has 0 radical (unpaired) electrons. The monoisotopic (exact) mass is 447 g/mol. The molecule has 0 fully saturated rings. The van der Waals surface area contributed by atoms with Gasteiger partial charge in [-0.3, -0.25) is 24.0 Å². The van der Waals surface area contributed by atoms with Crippen molar-refractivity contribution in [1.82, 2.24) is 16.0 Å². The van der Waals surface area contributed by atoms with Gasteiger partial charge in [0, 0.05) is 0 Å². The second kappa shape index (κ2) is 13.9. The number of aliphatic carboxylic acids is 3. The number of carboxylic acids is 3. The topological polar surface area (TPSA) is 251 Å². The van der Waals surface area contributed by atoms with E-state index in [1.54, 1.807) is 0 Å². The van der Waals surface area contributed by atoms with Crippen molar-refractivity contribution in [1.29, 1.82) is 0 Å². The number of carboxylic acid groups (broad SMARTS) is 3. The van der Waals surface area contributed by atoms with E-state index < -0.39 is 72.6 Å². The minimum atomic E-state index is -1.62. The zero-order valence-corrected chi connectivity index (χ0v) is 17.0. The highest BCUT2D eigenvalue weighted by Crippen LogP contribution is 2.03. The largest absolute Gasteiger partial charge is 0.481 e. The van der Waals surface area contributed by atoms with Gasteiger partial charge in [-0.15, -0.1) is 0 Å². The van der Waals surface area contributed by atoms with Crippen molar-refractivity contribution >= 4 is 35.6 Å². The summed E-state index contributed by atoms with van der Waals surface area (Å²) in [6.45, 7) is 1.54. The molecule has 0 aromatic rings. The van der Waals surface area contributed by atoms with Crippen LogP contribution in [-0.4, -0.2) is 81.7 Å². The van der Waals surface area contributed by atoms with Gasteiger partial charge in [-0.25, -0.2) is 4.79 Å². The molecular weight excluding hydrogens is 418 g/mol. The second-order valence-electron chi connectivity index (χ2n) is 6.78. The third kappa shape index (κ3) is 11.5. The molecule has 14 heteroatoms. The standard InChI is InChI=1S/C17H29N5O9/c1-8(20-15(28)9(19)6-12(23)24)14(27)22-11(7-13(25)26)16(29)21-10(17(30)31)4-2-3-5-18/h8-11H,2-7,18-19H2,1H3,(H,20,28)(H,21,29)(H,22,27)(H,23,24)(H,25,26)(H,30,31). The van der Waals surface area contributed by atoms with E-state index in [2.05, 4.69) is 16.0 Å². The molecule has 0 spiro atoms. The molecule has 0 aromatic heterocycles. The van der Waals surface area contributed by atoms with Crippen LogP contribution in [0.5, 0.6) is 0 Å². The van der Waals surface area contributed by atoms with Crippen LogP contribution in [0.25, 0.3) is 0 Å². The van der Waals surface area contributed by atoms with E-state index in [4.69, 9.17) is 21.7 Å². The molecular formula is C17H29N5O9. The Labute approximate surface area is 177 Å². The summed E-state index contributed by atoms with van der Waals surface area (Å²) in [7, 11) is 0. The molecule has 10 N–H and O–H groups in total. The second-order valence-corrected chi connectivity index (χ2v) is 6.78. The normalized spacial score (nSPS) is 14.4. The molecule has 4 unspecified atom stereocenters. The zero-order chi connectivity index (χ0) is 24.1. The van der Waals surface area contributed by atoms with Crippen molar-refractivity contribution in [3.63, 3.8) is 0 Å². The van der Waals surface area contributed by atoms with E-state index in [9.17, 15) is 33.9 Å². The van der Waals surface area contributed by atoms with Crippen LogP contribution < -0.4 is 27.4 Å².